The number of nitrogens with one attached hydrogen (secondary N) is 1. The van der Waals surface area contributed by atoms with Crippen molar-refractivity contribution in [3.8, 4) is 0 Å². The lowest BCUT2D eigenvalue weighted by Gasteiger charge is -2.29. The summed E-state index contributed by atoms with van der Waals surface area (Å²) in [5, 5.41) is 12.3. The number of hydrogen-bond donors (Lipinski definition) is 2. The third kappa shape index (κ3) is 25.0. The standard InChI is InChI=1S/C28H61NO3Si/c1-5-7-9-11-13-20-26-31-28(22-16-15-17-23-29-24-18-19-25-30)32-33(3,4)27-21-14-12-10-8-6-2/h28-30H,5-27H2,1-4H3. The van der Waals surface area contributed by atoms with E-state index < -0.39 is 8.32 Å². The number of unbranched alkanes of at least 4 members (excludes halogenated alkanes) is 13. The van der Waals surface area contributed by atoms with Crippen molar-refractivity contribution < 1.29 is 14.3 Å². The Labute approximate surface area is 209 Å². The van der Waals surface area contributed by atoms with Crippen molar-refractivity contribution in [2.75, 3.05) is 26.3 Å². The first kappa shape index (κ1) is 33.1. The molecule has 0 rings (SSSR count). The second-order valence-corrected chi connectivity index (χ2v) is 14.7. The van der Waals surface area contributed by atoms with E-state index in [9.17, 15) is 0 Å². The van der Waals surface area contributed by atoms with Crippen molar-refractivity contribution in [2.24, 2.45) is 0 Å². The van der Waals surface area contributed by atoms with Gasteiger partial charge in [-0.1, -0.05) is 90.9 Å². The van der Waals surface area contributed by atoms with Gasteiger partial charge >= 0.3 is 0 Å². The van der Waals surface area contributed by atoms with Gasteiger partial charge in [-0.3, -0.25) is 0 Å². The van der Waals surface area contributed by atoms with Gasteiger partial charge in [0, 0.05) is 13.2 Å². The molecule has 4 nitrogen and oxygen atoms in total. The highest BCUT2D eigenvalue weighted by atomic mass is 28.4. The fourth-order valence-corrected chi connectivity index (χ4v) is 6.36. The highest BCUT2D eigenvalue weighted by molar-refractivity contribution is 6.71. The molecule has 0 amide bonds. The zero-order chi connectivity index (χ0) is 24.5. The first-order chi connectivity index (χ1) is 16.1. The van der Waals surface area contributed by atoms with Crippen LogP contribution in [0, 0.1) is 0 Å². The minimum absolute atomic E-state index is 0.0000803. The SMILES string of the molecule is CCCCCCCCOC(CCCCCNCCCCO)O[Si](C)(C)CCCCCCCC. The van der Waals surface area contributed by atoms with Crippen LogP contribution in [0.1, 0.15) is 129 Å². The van der Waals surface area contributed by atoms with Gasteiger partial charge < -0.3 is 19.6 Å². The molecule has 33 heavy (non-hydrogen) atoms. The molecule has 0 heterocycles. The van der Waals surface area contributed by atoms with Gasteiger partial charge in [-0.05, 0) is 70.8 Å². The molecule has 0 aromatic heterocycles. The number of ether oxygens (including phenoxy) is 1. The van der Waals surface area contributed by atoms with Crippen LogP contribution in [-0.4, -0.2) is 46.0 Å². The van der Waals surface area contributed by atoms with Crippen molar-refractivity contribution in [1.29, 1.82) is 0 Å². The van der Waals surface area contributed by atoms with Gasteiger partial charge in [-0.15, -0.1) is 0 Å². The molecular formula is C28H61NO3Si. The first-order valence-corrected chi connectivity index (χ1v) is 17.8. The van der Waals surface area contributed by atoms with Crippen LogP contribution in [0.3, 0.4) is 0 Å². The van der Waals surface area contributed by atoms with E-state index in [4.69, 9.17) is 14.3 Å². The molecule has 1 atom stereocenters. The molecule has 2 N–H and O–H groups in total. The lowest BCUT2D eigenvalue weighted by Crippen LogP contribution is -2.37. The highest BCUT2D eigenvalue weighted by Gasteiger charge is 2.26. The molecule has 0 aliphatic carbocycles. The van der Waals surface area contributed by atoms with Crippen LogP contribution in [0.2, 0.25) is 19.1 Å². The molecule has 200 valence electrons. The summed E-state index contributed by atoms with van der Waals surface area (Å²) in [6, 6.07) is 1.26. The quantitative estimate of drug-likeness (QED) is 0.0696. The molecular weight excluding hydrogens is 426 g/mol. The molecule has 0 aliphatic rings. The topological polar surface area (TPSA) is 50.7 Å². The maximum Gasteiger partial charge on any atom is 0.190 e. The van der Waals surface area contributed by atoms with Gasteiger partial charge in [0.2, 0.25) is 0 Å². The van der Waals surface area contributed by atoms with Crippen LogP contribution in [-0.2, 0) is 9.16 Å². The summed E-state index contributed by atoms with van der Waals surface area (Å²) in [5.41, 5.74) is 0. The average Bonchev–Trinajstić information content (AvgIpc) is 2.79. The number of aliphatic hydroxyl groups excluding tert-OH is 1. The Morgan fingerprint density at radius 1 is 0.667 bits per heavy atom. The molecule has 0 fully saturated rings. The van der Waals surface area contributed by atoms with Crippen molar-refractivity contribution in [3.63, 3.8) is 0 Å². The van der Waals surface area contributed by atoms with E-state index in [-0.39, 0.29) is 6.29 Å². The van der Waals surface area contributed by atoms with Crippen molar-refractivity contribution >= 4 is 8.32 Å². The van der Waals surface area contributed by atoms with Crippen LogP contribution in [0.4, 0.5) is 0 Å². The van der Waals surface area contributed by atoms with E-state index in [1.807, 2.05) is 0 Å². The zero-order valence-electron chi connectivity index (χ0n) is 23.1. The molecule has 0 aromatic rings. The molecule has 0 saturated carbocycles. The van der Waals surface area contributed by atoms with Crippen LogP contribution in [0.15, 0.2) is 0 Å². The largest absolute Gasteiger partial charge is 0.396 e. The molecule has 0 saturated heterocycles. The zero-order valence-corrected chi connectivity index (χ0v) is 24.1. The Morgan fingerprint density at radius 2 is 1.21 bits per heavy atom. The summed E-state index contributed by atoms with van der Waals surface area (Å²) in [6.07, 6.45) is 22.6. The Hall–Kier alpha value is 0.0569. The van der Waals surface area contributed by atoms with Crippen molar-refractivity contribution in [2.45, 2.75) is 155 Å². The van der Waals surface area contributed by atoms with E-state index in [1.54, 1.807) is 0 Å². The molecule has 0 bridgehead atoms. The average molecular weight is 488 g/mol. The van der Waals surface area contributed by atoms with Gasteiger partial charge in [-0.2, -0.15) is 0 Å². The Kier molecular flexibility index (Phi) is 25.2. The van der Waals surface area contributed by atoms with Crippen LogP contribution >= 0.6 is 0 Å². The van der Waals surface area contributed by atoms with E-state index in [2.05, 4.69) is 32.3 Å². The van der Waals surface area contributed by atoms with Crippen LogP contribution in [0.5, 0.6) is 0 Å². The van der Waals surface area contributed by atoms with E-state index in [1.165, 1.54) is 102 Å². The molecule has 5 heteroatoms. The van der Waals surface area contributed by atoms with Crippen molar-refractivity contribution in [3.05, 3.63) is 0 Å². The first-order valence-electron chi connectivity index (χ1n) is 14.7. The summed E-state index contributed by atoms with van der Waals surface area (Å²) < 4.78 is 12.9. The normalized spacial score (nSPS) is 13.0. The summed E-state index contributed by atoms with van der Waals surface area (Å²) >= 11 is 0. The second kappa shape index (κ2) is 25.2. The minimum Gasteiger partial charge on any atom is -0.396 e. The summed E-state index contributed by atoms with van der Waals surface area (Å²) in [7, 11) is -1.67. The maximum atomic E-state index is 8.84. The smallest absolute Gasteiger partial charge is 0.190 e. The number of rotatable bonds is 27. The Balaban J connectivity index is 4.18. The van der Waals surface area contributed by atoms with Crippen molar-refractivity contribution in [1.82, 2.24) is 5.32 Å². The monoisotopic (exact) mass is 487 g/mol. The molecule has 0 spiro atoms. The van der Waals surface area contributed by atoms with Crippen LogP contribution in [0.25, 0.3) is 0 Å². The van der Waals surface area contributed by atoms with Gasteiger partial charge in [-0.25, -0.2) is 0 Å². The predicted octanol–water partition coefficient (Wildman–Crippen LogP) is 8.19. The number of hydrogen-bond acceptors (Lipinski definition) is 4. The van der Waals surface area contributed by atoms with Gasteiger partial charge in [0.1, 0.15) is 6.29 Å². The summed E-state index contributed by atoms with van der Waals surface area (Å²) in [5.74, 6) is 0. The third-order valence-electron chi connectivity index (χ3n) is 6.44. The minimum atomic E-state index is -1.67. The Bertz CT molecular complexity index is 382. The Morgan fingerprint density at radius 3 is 1.85 bits per heavy atom. The van der Waals surface area contributed by atoms with Gasteiger partial charge in [0.05, 0.1) is 0 Å². The highest BCUT2D eigenvalue weighted by Crippen LogP contribution is 2.22. The summed E-state index contributed by atoms with van der Waals surface area (Å²) in [6.45, 7) is 12.6. The second-order valence-electron chi connectivity index (χ2n) is 10.5. The summed E-state index contributed by atoms with van der Waals surface area (Å²) in [4.78, 5) is 0. The van der Waals surface area contributed by atoms with E-state index in [0.717, 1.165) is 39.0 Å². The van der Waals surface area contributed by atoms with E-state index >= 15 is 0 Å². The van der Waals surface area contributed by atoms with Gasteiger partial charge in [0.15, 0.2) is 8.32 Å². The lowest BCUT2D eigenvalue weighted by atomic mass is 10.1. The van der Waals surface area contributed by atoms with Crippen LogP contribution < -0.4 is 5.32 Å². The molecule has 0 aliphatic heterocycles. The van der Waals surface area contributed by atoms with E-state index in [0.29, 0.717) is 6.61 Å². The van der Waals surface area contributed by atoms with Gasteiger partial charge in [0.25, 0.3) is 0 Å². The third-order valence-corrected chi connectivity index (χ3v) is 8.90. The number of aliphatic hydroxyl groups is 1. The molecule has 0 radical (unpaired) electrons. The predicted molar refractivity (Wildman–Crippen MR) is 148 cm³/mol. The molecule has 0 aromatic carbocycles. The fraction of sp³-hybridized carbons (Fsp3) is 1.00. The molecule has 1 unspecified atom stereocenters. The maximum absolute atomic E-state index is 8.84. The fourth-order valence-electron chi connectivity index (χ4n) is 4.24. The lowest BCUT2D eigenvalue weighted by molar-refractivity contribution is -0.0926.